The number of aromatic nitrogens is 1. The Bertz CT molecular complexity index is 637. The van der Waals surface area contributed by atoms with E-state index in [-0.39, 0.29) is 11.1 Å². The highest BCUT2D eigenvalue weighted by Crippen LogP contribution is 2.21. The van der Waals surface area contributed by atoms with Crippen LogP contribution in [-0.4, -0.2) is 4.98 Å². The minimum atomic E-state index is -0.228. The van der Waals surface area contributed by atoms with Crippen LogP contribution in [-0.2, 0) is 0 Å². The zero-order valence-corrected chi connectivity index (χ0v) is 8.72. The highest BCUT2D eigenvalue weighted by molar-refractivity contribution is 6.35. The molecule has 0 saturated heterocycles. The van der Waals surface area contributed by atoms with Gasteiger partial charge in [0.05, 0.1) is 15.9 Å². The van der Waals surface area contributed by atoms with Crippen molar-refractivity contribution in [3.63, 3.8) is 0 Å². The third kappa shape index (κ3) is 1.49. The number of nitrogens with one attached hydrogen (secondary N) is 1. The molecule has 0 unspecified atom stereocenters. The Morgan fingerprint density at radius 2 is 2.20 bits per heavy atom. The molecule has 1 heterocycles. The van der Waals surface area contributed by atoms with Crippen molar-refractivity contribution in [1.29, 1.82) is 5.26 Å². The summed E-state index contributed by atoms with van der Waals surface area (Å²) in [5.74, 6) is 0. The van der Waals surface area contributed by atoms with Crippen LogP contribution in [0.3, 0.4) is 0 Å². The Morgan fingerprint density at radius 3 is 2.87 bits per heavy atom. The van der Waals surface area contributed by atoms with E-state index in [1.54, 1.807) is 6.07 Å². The number of hydrogen-bond acceptors (Lipinski definition) is 2. The zero-order valence-electron chi connectivity index (χ0n) is 7.97. The number of benzene rings is 1. The summed E-state index contributed by atoms with van der Waals surface area (Å²) in [6, 6.07) is 6.65. The molecule has 1 aromatic heterocycles. The molecule has 1 aromatic carbocycles. The fourth-order valence-electron chi connectivity index (χ4n) is 1.52. The van der Waals surface area contributed by atoms with Gasteiger partial charge in [0.1, 0.15) is 11.8 Å². The standard InChI is InChI=1S/C11H7ClN2O/c1-6-2-3-8(12)10-9(15)4-7(5-13)14-11(6)10/h2-4H,1H3,(H,14,15). The number of fused-ring (bicyclic) bond motifs is 1. The van der Waals surface area contributed by atoms with Crippen LogP contribution in [0, 0.1) is 18.3 Å². The molecule has 15 heavy (non-hydrogen) atoms. The van der Waals surface area contributed by atoms with E-state index < -0.39 is 0 Å². The van der Waals surface area contributed by atoms with Gasteiger partial charge in [-0.3, -0.25) is 4.79 Å². The molecule has 0 amide bonds. The summed E-state index contributed by atoms with van der Waals surface area (Å²) in [7, 11) is 0. The second-order valence-electron chi connectivity index (χ2n) is 3.27. The summed E-state index contributed by atoms with van der Waals surface area (Å²) in [6.07, 6.45) is 0. The fourth-order valence-corrected chi connectivity index (χ4v) is 1.77. The van der Waals surface area contributed by atoms with Crippen molar-refractivity contribution < 1.29 is 0 Å². The summed E-state index contributed by atoms with van der Waals surface area (Å²) < 4.78 is 0. The zero-order chi connectivity index (χ0) is 11.0. The Morgan fingerprint density at radius 1 is 1.47 bits per heavy atom. The maximum atomic E-state index is 11.7. The molecule has 0 aliphatic carbocycles. The lowest BCUT2D eigenvalue weighted by atomic mass is 10.1. The highest BCUT2D eigenvalue weighted by Gasteiger charge is 2.07. The lowest BCUT2D eigenvalue weighted by Gasteiger charge is -2.03. The SMILES string of the molecule is Cc1ccc(Cl)c2c(=O)cc(C#N)[nH]c12. The van der Waals surface area contributed by atoms with Crippen LogP contribution in [0.2, 0.25) is 5.02 Å². The average molecular weight is 219 g/mol. The van der Waals surface area contributed by atoms with Crippen LogP contribution >= 0.6 is 11.6 Å². The van der Waals surface area contributed by atoms with Gasteiger partial charge >= 0.3 is 0 Å². The molecule has 0 radical (unpaired) electrons. The van der Waals surface area contributed by atoms with E-state index in [2.05, 4.69) is 4.98 Å². The van der Waals surface area contributed by atoms with E-state index >= 15 is 0 Å². The average Bonchev–Trinajstić information content (AvgIpc) is 2.23. The molecule has 0 spiro atoms. The first-order valence-electron chi connectivity index (χ1n) is 4.35. The third-order valence-electron chi connectivity index (χ3n) is 2.26. The number of nitrogens with zero attached hydrogens (tertiary/aromatic N) is 1. The smallest absolute Gasteiger partial charge is 0.192 e. The van der Waals surface area contributed by atoms with Crippen molar-refractivity contribution in [3.05, 3.63) is 44.7 Å². The molecule has 0 aliphatic heterocycles. The monoisotopic (exact) mass is 218 g/mol. The van der Waals surface area contributed by atoms with Gasteiger partial charge in [0.2, 0.25) is 0 Å². The van der Waals surface area contributed by atoms with Crippen molar-refractivity contribution >= 4 is 22.5 Å². The van der Waals surface area contributed by atoms with E-state index in [1.807, 2.05) is 19.1 Å². The van der Waals surface area contributed by atoms with Crippen molar-refractivity contribution in [2.75, 3.05) is 0 Å². The number of aryl methyl sites for hydroxylation is 1. The summed E-state index contributed by atoms with van der Waals surface area (Å²) in [5.41, 5.74) is 1.54. The first kappa shape index (κ1) is 9.75. The summed E-state index contributed by atoms with van der Waals surface area (Å²) in [6.45, 7) is 1.86. The number of pyridine rings is 1. The lowest BCUT2D eigenvalue weighted by Crippen LogP contribution is -2.04. The molecular formula is C11H7ClN2O. The Kier molecular flexibility index (Phi) is 2.22. The maximum Gasteiger partial charge on any atom is 0.192 e. The molecule has 2 rings (SSSR count). The van der Waals surface area contributed by atoms with Crippen molar-refractivity contribution in [2.45, 2.75) is 6.92 Å². The molecule has 0 atom stereocenters. The Hall–Kier alpha value is -1.79. The first-order chi connectivity index (χ1) is 7.13. The second kappa shape index (κ2) is 3.41. The van der Waals surface area contributed by atoms with Gasteiger partial charge in [-0.15, -0.1) is 0 Å². The van der Waals surface area contributed by atoms with Crippen molar-refractivity contribution in [1.82, 2.24) is 4.98 Å². The van der Waals surface area contributed by atoms with Crippen LogP contribution in [0.4, 0.5) is 0 Å². The Labute approximate surface area is 90.9 Å². The molecule has 74 valence electrons. The van der Waals surface area contributed by atoms with Crippen LogP contribution in [0.5, 0.6) is 0 Å². The summed E-state index contributed by atoms with van der Waals surface area (Å²) >= 11 is 5.93. The molecule has 0 saturated carbocycles. The topological polar surface area (TPSA) is 56.6 Å². The summed E-state index contributed by atoms with van der Waals surface area (Å²) in [5, 5.41) is 9.57. The van der Waals surface area contributed by atoms with E-state index in [0.29, 0.717) is 15.9 Å². The molecule has 1 N–H and O–H groups in total. The van der Waals surface area contributed by atoms with Gasteiger partial charge in [0.15, 0.2) is 5.43 Å². The van der Waals surface area contributed by atoms with E-state index in [4.69, 9.17) is 16.9 Å². The number of halogens is 1. The minimum Gasteiger partial charge on any atom is -0.346 e. The van der Waals surface area contributed by atoms with Crippen LogP contribution < -0.4 is 5.43 Å². The highest BCUT2D eigenvalue weighted by atomic mass is 35.5. The van der Waals surface area contributed by atoms with Gasteiger partial charge in [0.25, 0.3) is 0 Å². The molecular weight excluding hydrogens is 212 g/mol. The predicted molar refractivity (Wildman–Crippen MR) is 59.0 cm³/mol. The van der Waals surface area contributed by atoms with Gasteiger partial charge in [-0.1, -0.05) is 17.7 Å². The third-order valence-corrected chi connectivity index (χ3v) is 2.58. The van der Waals surface area contributed by atoms with Crippen LogP contribution in [0.15, 0.2) is 23.0 Å². The summed E-state index contributed by atoms with van der Waals surface area (Å²) in [4.78, 5) is 14.6. The number of nitriles is 1. The quantitative estimate of drug-likeness (QED) is 0.738. The number of aromatic amines is 1. The van der Waals surface area contributed by atoms with Crippen LogP contribution in [0.25, 0.3) is 10.9 Å². The minimum absolute atomic E-state index is 0.228. The molecule has 0 fully saturated rings. The molecule has 0 aliphatic rings. The van der Waals surface area contributed by atoms with E-state index in [0.717, 1.165) is 5.56 Å². The van der Waals surface area contributed by atoms with Gasteiger partial charge in [-0.2, -0.15) is 5.26 Å². The first-order valence-corrected chi connectivity index (χ1v) is 4.73. The second-order valence-corrected chi connectivity index (χ2v) is 3.68. The van der Waals surface area contributed by atoms with Crippen molar-refractivity contribution in [3.8, 4) is 6.07 Å². The van der Waals surface area contributed by atoms with Gasteiger partial charge in [-0.05, 0) is 18.6 Å². The van der Waals surface area contributed by atoms with Gasteiger partial charge < -0.3 is 4.98 Å². The molecule has 4 heteroatoms. The number of hydrogen-bond donors (Lipinski definition) is 1. The van der Waals surface area contributed by atoms with E-state index in [1.165, 1.54) is 6.07 Å². The molecule has 3 nitrogen and oxygen atoms in total. The number of rotatable bonds is 0. The fraction of sp³-hybridized carbons (Fsp3) is 0.0909. The van der Waals surface area contributed by atoms with Gasteiger partial charge in [-0.25, -0.2) is 0 Å². The normalized spacial score (nSPS) is 10.2. The predicted octanol–water partition coefficient (Wildman–Crippen LogP) is 2.36. The van der Waals surface area contributed by atoms with E-state index in [9.17, 15) is 4.79 Å². The number of H-pyrrole nitrogens is 1. The maximum absolute atomic E-state index is 11.7. The largest absolute Gasteiger partial charge is 0.346 e. The lowest BCUT2D eigenvalue weighted by molar-refractivity contribution is 1.29. The van der Waals surface area contributed by atoms with Gasteiger partial charge in [0, 0.05) is 6.07 Å². The van der Waals surface area contributed by atoms with Crippen LogP contribution in [0.1, 0.15) is 11.3 Å². The molecule has 0 bridgehead atoms. The van der Waals surface area contributed by atoms with Crippen molar-refractivity contribution in [2.24, 2.45) is 0 Å². The molecule has 2 aromatic rings. The Balaban J connectivity index is 3.05.